The Kier molecular flexibility index (Phi) is 3.96. The zero-order valence-electron chi connectivity index (χ0n) is 12.7. The minimum Gasteiger partial charge on any atom is -0.493 e. The number of aromatic nitrogens is 1. The van der Waals surface area contributed by atoms with Crippen LogP contribution in [0.3, 0.4) is 0 Å². The van der Waals surface area contributed by atoms with Crippen molar-refractivity contribution in [2.75, 3.05) is 6.61 Å². The maximum Gasteiger partial charge on any atom is 0.223 e. The zero-order valence-corrected chi connectivity index (χ0v) is 13.5. The van der Waals surface area contributed by atoms with E-state index < -0.39 is 0 Å². The van der Waals surface area contributed by atoms with E-state index in [9.17, 15) is 4.79 Å². The lowest BCUT2D eigenvalue weighted by atomic mass is 9.95. The number of ether oxygens (including phenoxy) is 1. The summed E-state index contributed by atoms with van der Waals surface area (Å²) in [6.45, 7) is 4.60. The van der Waals surface area contributed by atoms with E-state index in [2.05, 4.69) is 10.3 Å². The van der Waals surface area contributed by atoms with Gasteiger partial charge in [0.2, 0.25) is 5.91 Å². The fourth-order valence-electron chi connectivity index (χ4n) is 2.96. The number of fused-ring (bicyclic) bond motifs is 1. The third-order valence-electron chi connectivity index (χ3n) is 3.98. The molecule has 0 spiro atoms. The summed E-state index contributed by atoms with van der Waals surface area (Å²) in [5.41, 5.74) is 0.701. The summed E-state index contributed by atoms with van der Waals surface area (Å²) >= 11 is 5.98. The third-order valence-corrected chi connectivity index (χ3v) is 4.21. The fraction of sp³-hybridized carbons (Fsp3) is 0.412. The van der Waals surface area contributed by atoms with E-state index in [1.54, 1.807) is 6.20 Å². The quantitative estimate of drug-likeness (QED) is 0.937. The van der Waals surface area contributed by atoms with Crippen LogP contribution in [0.4, 0.5) is 0 Å². The summed E-state index contributed by atoms with van der Waals surface area (Å²) in [6, 6.07) is 7.39. The van der Waals surface area contributed by atoms with Gasteiger partial charge in [0.25, 0.3) is 0 Å². The number of carbonyl (C=O) groups is 1. The smallest absolute Gasteiger partial charge is 0.223 e. The van der Waals surface area contributed by atoms with Gasteiger partial charge in [-0.2, -0.15) is 0 Å². The highest BCUT2D eigenvalue weighted by Gasteiger charge is 2.36. The summed E-state index contributed by atoms with van der Waals surface area (Å²) in [6.07, 6.45) is 3.27. The highest BCUT2D eigenvalue weighted by atomic mass is 35.5. The monoisotopic (exact) mass is 318 g/mol. The number of halogens is 1. The lowest BCUT2D eigenvalue weighted by molar-refractivity contribution is -0.123. The Morgan fingerprint density at radius 3 is 2.95 bits per heavy atom. The largest absolute Gasteiger partial charge is 0.493 e. The number of benzene rings is 1. The number of carbonyl (C=O) groups excluding carboxylic acids is 1. The fourth-order valence-corrected chi connectivity index (χ4v) is 3.13. The van der Waals surface area contributed by atoms with Crippen molar-refractivity contribution in [2.45, 2.75) is 32.2 Å². The highest BCUT2D eigenvalue weighted by molar-refractivity contribution is 6.31. The second kappa shape index (κ2) is 5.76. The molecule has 1 aliphatic heterocycles. The molecule has 1 aromatic carbocycles. The average molecular weight is 319 g/mol. The van der Waals surface area contributed by atoms with Gasteiger partial charge >= 0.3 is 0 Å². The van der Waals surface area contributed by atoms with E-state index in [1.165, 1.54) is 0 Å². The first-order valence-electron chi connectivity index (χ1n) is 7.44. The van der Waals surface area contributed by atoms with Crippen LogP contribution < -0.4 is 10.1 Å². The van der Waals surface area contributed by atoms with Crippen LogP contribution in [-0.2, 0) is 4.79 Å². The molecule has 22 heavy (non-hydrogen) atoms. The number of hydrogen-bond acceptors (Lipinski definition) is 3. The molecule has 1 amide bonds. The van der Waals surface area contributed by atoms with E-state index in [1.807, 2.05) is 38.1 Å². The van der Waals surface area contributed by atoms with Gasteiger partial charge in [-0.25, -0.2) is 0 Å². The van der Waals surface area contributed by atoms with Crippen LogP contribution in [0.15, 0.2) is 30.5 Å². The van der Waals surface area contributed by atoms with Crippen LogP contribution >= 0.6 is 11.6 Å². The van der Waals surface area contributed by atoms with Crippen LogP contribution in [0.5, 0.6) is 5.75 Å². The SMILES string of the molecule is CC1(C)CC(CCOc2ccnc3cc(Cl)ccc23)C(=O)N1. The molecule has 1 saturated heterocycles. The van der Waals surface area contributed by atoms with Crippen LogP contribution in [0.25, 0.3) is 10.9 Å². The van der Waals surface area contributed by atoms with Crippen molar-refractivity contribution in [3.63, 3.8) is 0 Å². The Hall–Kier alpha value is -1.81. The van der Waals surface area contributed by atoms with Gasteiger partial charge in [0.1, 0.15) is 5.75 Å². The molecule has 4 nitrogen and oxygen atoms in total. The van der Waals surface area contributed by atoms with Crippen LogP contribution in [-0.4, -0.2) is 23.0 Å². The molecule has 0 aliphatic carbocycles. The Balaban J connectivity index is 1.66. The molecule has 0 bridgehead atoms. The van der Waals surface area contributed by atoms with E-state index in [4.69, 9.17) is 16.3 Å². The number of nitrogens with one attached hydrogen (secondary N) is 1. The van der Waals surface area contributed by atoms with Gasteiger partial charge in [-0.05, 0) is 51.0 Å². The Morgan fingerprint density at radius 1 is 1.41 bits per heavy atom. The second-order valence-corrected chi connectivity index (χ2v) is 6.82. The maximum absolute atomic E-state index is 11.9. The highest BCUT2D eigenvalue weighted by Crippen LogP contribution is 2.29. The first-order chi connectivity index (χ1) is 10.4. The number of amides is 1. The number of rotatable bonds is 4. The van der Waals surface area contributed by atoms with E-state index in [0.29, 0.717) is 18.1 Å². The van der Waals surface area contributed by atoms with Gasteiger partial charge in [0.05, 0.1) is 12.1 Å². The van der Waals surface area contributed by atoms with E-state index in [0.717, 1.165) is 23.1 Å². The summed E-state index contributed by atoms with van der Waals surface area (Å²) in [5, 5.41) is 4.60. The molecule has 1 unspecified atom stereocenters. The molecule has 1 aromatic heterocycles. The number of hydrogen-bond donors (Lipinski definition) is 1. The Morgan fingerprint density at radius 2 is 2.23 bits per heavy atom. The van der Waals surface area contributed by atoms with E-state index >= 15 is 0 Å². The molecule has 1 aliphatic rings. The predicted octanol–water partition coefficient (Wildman–Crippen LogP) is 3.57. The predicted molar refractivity (Wildman–Crippen MR) is 87.2 cm³/mol. The van der Waals surface area contributed by atoms with Gasteiger partial charge in [-0.15, -0.1) is 0 Å². The van der Waals surface area contributed by atoms with Crippen LogP contribution in [0, 0.1) is 5.92 Å². The number of nitrogens with zero attached hydrogens (tertiary/aromatic N) is 1. The molecular weight excluding hydrogens is 300 g/mol. The summed E-state index contributed by atoms with van der Waals surface area (Å²) in [7, 11) is 0. The molecule has 1 N–H and O–H groups in total. The lowest BCUT2D eigenvalue weighted by Gasteiger charge is -2.16. The van der Waals surface area contributed by atoms with Crippen molar-refractivity contribution >= 4 is 28.4 Å². The van der Waals surface area contributed by atoms with Gasteiger partial charge in [0, 0.05) is 28.1 Å². The van der Waals surface area contributed by atoms with Crippen molar-refractivity contribution in [1.29, 1.82) is 0 Å². The number of pyridine rings is 1. The maximum atomic E-state index is 11.9. The van der Waals surface area contributed by atoms with Crippen LogP contribution in [0.1, 0.15) is 26.7 Å². The minimum absolute atomic E-state index is 0.0255. The average Bonchev–Trinajstić information content (AvgIpc) is 2.71. The normalized spacial score (nSPS) is 20.1. The van der Waals surface area contributed by atoms with Crippen molar-refractivity contribution in [3.05, 3.63) is 35.5 Å². The Labute approximate surface area is 134 Å². The summed E-state index contributed by atoms with van der Waals surface area (Å²) < 4.78 is 5.87. The van der Waals surface area contributed by atoms with Gasteiger partial charge in [0.15, 0.2) is 0 Å². The van der Waals surface area contributed by atoms with Crippen molar-refractivity contribution in [2.24, 2.45) is 5.92 Å². The van der Waals surface area contributed by atoms with Gasteiger partial charge in [-0.1, -0.05) is 11.6 Å². The zero-order chi connectivity index (χ0) is 15.7. The minimum atomic E-state index is -0.109. The molecular formula is C17H19ClN2O2. The molecule has 116 valence electrons. The topological polar surface area (TPSA) is 51.2 Å². The molecule has 0 saturated carbocycles. The standard InChI is InChI=1S/C17H19ClN2O2/c1-17(2)10-11(16(21)20-17)6-8-22-15-5-7-19-14-9-12(18)3-4-13(14)15/h3-5,7,9,11H,6,8,10H2,1-2H3,(H,20,21). The molecule has 5 heteroatoms. The van der Waals surface area contributed by atoms with Crippen molar-refractivity contribution < 1.29 is 9.53 Å². The Bertz CT molecular complexity index is 715. The van der Waals surface area contributed by atoms with E-state index in [-0.39, 0.29) is 17.4 Å². The second-order valence-electron chi connectivity index (χ2n) is 6.38. The third kappa shape index (κ3) is 3.17. The van der Waals surface area contributed by atoms with Crippen LogP contribution in [0.2, 0.25) is 5.02 Å². The van der Waals surface area contributed by atoms with Crippen molar-refractivity contribution in [3.8, 4) is 5.75 Å². The summed E-state index contributed by atoms with van der Waals surface area (Å²) in [5.74, 6) is 0.928. The van der Waals surface area contributed by atoms with Crippen molar-refractivity contribution in [1.82, 2.24) is 10.3 Å². The molecule has 1 atom stereocenters. The summed E-state index contributed by atoms with van der Waals surface area (Å²) in [4.78, 5) is 16.2. The van der Waals surface area contributed by atoms with Gasteiger partial charge < -0.3 is 10.1 Å². The first-order valence-corrected chi connectivity index (χ1v) is 7.81. The molecule has 0 radical (unpaired) electrons. The lowest BCUT2D eigenvalue weighted by Crippen LogP contribution is -2.34. The van der Waals surface area contributed by atoms with Gasteiger partial charge in [-0.3, -0.25) is 9.78 Å². The molecule has 3 rings (SSSR count). The first kappa shape index (κ1) is 15.1. The molecule has 2 aromatic rings. The molecule has 1 fully saturated rings. The molecule has 2 heterocycles.